The number of epoxide rings is 1. The number of rotatable bonds is 0. The van der Waals surface area contributed by atoms with Gasteiger partial charge in [0.15, 0.2) is 5.60 Å². The summed E-state index contributed by atoms with van der Waals surface area (Å²) < 4.78 is 13.2. The van der Waals surface area contributed by atoms with Gasteiger partial charge in [-0.1, -0.05) is 41.2 Å². The second-order valence-electron chi connectivity index (χ2n) is 14.5. The Hall–Kier alpha value is -0.990. The predicted octanol–water partition coefficient (Wildman–Crippen LogP) is 2.19. The Morgan fingerprint density at radius 3 is 2.39 bits per heavy atom. The van der Waals surface area contributed by atoms with Gasteiger partial charge in [-0.05, 0) is 54.9 Å². The molecule has 7 rings (SSSR count). The maximum absolute atomic E-state index is 13.8. The van der Waals surface area contributed by atoms with Crippen molar-refractivity contribution in [3.8, 4) is 0 Å². The molecule has 36 heavy (non-hydrogen) atoms. The molecule has 1 spiro atoms. The van der Waals surface area contributed by atoms with Gasteiger partial charge >= 0.3 is 5.97 Å². The highest BCUT2D eigenvalue weighted by Crippen LogP contribution is 2.83. The van der Waals surface area contributed by atoms with Crippen LogP contribution in [0, 0.1) is 51.2 Å². The second-order valence-corrected chi connectivity index (χ2v) is 14.5. The van der Waals surface area contributed by atoms with Gasteiger partial charge in [0, 0.05) is 28.6 Å². The van der Waals surface area contributed by atoms with Crippen molar-refractivity contribution in [3.05, 3.63) is 12.2 Å². The number of fused-ring (bicyclic) bond motifs is 6. The van der Waals surface area contributed by atoms with Gasteiger partial charge in [0.2, 0.25) is 0 Å². The van der Waals surface area contributed by atoms with Gasteiger partial charge in [-0.2, -0.15) is 0 Å². The summed E-state index contributed by atoms with van der Waals surface area (Å²) in [4.78, 5) is 13.8. The van der Waals surface area contributed by atoms with Crippen molar-refractivity contribution in [2.24, 2.45) is 51.2 Å². The molecule has 5 aliphatic carbocycles. The van der Waals surface area contributed by atoms with Gasteiger partial charge in [0.05, 0.1) is 29.8 Å². The Morgan fingerprint density at radius 1 is 1.00 bits per heavy atom. The Bertz CT molecular complexity index is 1060. The quantitative estimate of drug-likeness (QED) is 0.228. The van der Waals surface area contributed by atoms with Crippen LogP contribution in [0.4, 0.5) is 0 Å². The van der Waals surface area contributed by atoms with Crippen molar-refractivity contribution in [2.45, 2.75) is 109 Å². The first-order chi connectivity index (χ1) is 16.7. The lowest BCUT2D eigenvalue weighted by Crippen LogP contribution is -2.80. The summed E-state index contributed by atoms with van der Waals surface area (Å²) >= 11 is 0. The molecule has 7 heteroatoms. The largest absolute Gasteiger partial charge is 0.455 e. The molecule has 2 saturated heterocycles. The molecule has 16 atom stereocenters. The minimum absolute atomic E-state index is 0.0105. The maximum Gasteiger partial charge on any atom is 0.313 e. The lowest BCUT2D eigenvalue weighted by atomic mass is 9.30. The highest BCUT2D eigenvalue weighted by Gasteiger charge is 2.91. The van der Waals surface area contributed by atoms with Crippen molar-refractivity contribution in [1.82, 2.24) is 0 Å². The van der Waals surface area contributed by atoms with Crippen molar-refractivity contribution >= 4 is 5.97 Å². The maximum atomic E-state index is 13.8. The van der Waals surface area contributed by atoms with Gasteiger partial charge in [-0.25, -0.2) is 0 Å². The molecule has 0 aromatic heterocycles. The zero-order valence-corrected chi connectivity index (χ0v) is 22.1. The number of ether oxygens (including phenoxy) is 2. The summed E-state index contributed by atoms with van der Waals surface area (Å²) in [6.07, 6.45) is -1.32. The lowest BCUT2D eigenvalue weighted by Gasteiger charge is -2.73. The molecular formula is C29H42O7. The topological polar surface area (TPSA) is 120 Å². The molecule has 5 saturated carbocycles. The van der Waals surface area contributed by atoms with Crippen LogP contribution in [0.3, 0.4) is 0 Å². The third-order valence-corrected chi connectivity index (χ3v) is 13.7. The first-order valence-corrected chi connectivity index (χ1v) is 14.0. The molecule has 0 aromatic rings. The molecule has 0 aromatic carbocycles. The van der Waals surface area contributed by atoms with E-state index < -0.39 is 57.6 Å². The van der Waals surface area contributed by atoms with E-state index in [2.05, 4.69) is 41.2 Å². The third kappa shape index (κ3) is 2.13. The van der Waals surface area contributed by atoms with Crippen LogP contribution in [-0.4, -0.2) is 68.6 Å². The molecule has 7 nitrogen and oxygen atoms in total. The Balaban J connectivity index is 1.44. The monoisotopic (exact) mass is 502 g/mol. The zero-order valence-electron chi connectivity index (χ0n) is 22.1. The fourth-order valence-electron chi connectivity index (χ4n) is 11.8. The molecule has 16 unspecified atom stereocenters. The Labute approximate surface area is 213 Å². The SMILES string of the molecule is C=C1C(O)C(O)CC2(C)C1C(O)C(O)C1(C)C2C2OC2C23OC(=O)C4(CCC(C)C(C)C42)CCC13C. The van der Waals surface area contributed by atoms with Crippen LogP contribution < -0.4 is 0 Å². The van der Waals surface area contributed by atoms with E-state index in [9.17, 15) is 25.2 Å². The van der Waals surface area contributed by atoms with Crippen LogP contribution in [-0.2, 0) is 14.3 Å². The van der Waals surface area contributed by atoms with Gasteiger partial charge in [0.1, 0.15) is 12.2 Å². The van der Waals surface area contributed by atoms with Crippen LogP contribution in [0.2, 0.25) is 0 Å². The van der Waals surface area contributed by atoms with Crippen LogP contribution in [0.1, 0.15) is 66.7 Å². The Kier molecular flexibility index (Phi) is 4.41. The van der Waals surface area contributed by atoms with Crippen molar-refractivity contribution in [1.29, 1.82) is 0 Å². The van der Waals surface area contributed by atoms with Crippen molar-refractivity contribution in [3.63, 3.8) is 0 Å². The predicted molar refractivity (Wildman–Crippen MR) is 129 cm³/mol. The lowest BCUT2D eigenvalue weighted by molar-refractivity contribution is -0.314. The number of hydrogen-bond donors (Lipinski definition) is 4. The molecule has 0 radical (unpaired) electrons. The van der Waals surface area contributed by atoms with Crippen LogP contribution in [0.5, 0.6) is 0 Å². The van der Waals surface area contributed by atoms with Gasteiger partial charge in [-0.3, -0.25) is 4.79 Å². The fourth-order valence-corrected chi connectivity index (χ4v) is 11.8. The summed E-state index contributed by atoms with van der Waals surface area (Å²) in [7, 11) is 0. The van der Waals surface area contributed by atoms with Crippen LogP contribution in [0.15, 0.2) is 12.2 Å². The average Bonchev–Trinajstić information content (AvgIpc) is 3.56. The van der Waals surface area contributed by atoms with E-state index in [-0.39, 0.29) is 42.4 Å². The second kappa shape index (κ2) is 6.59. The molecule has 2 heterocycles. The highest BCUT2D eigenvalue weighted by atomic mass is 16.6. The van der Waals surface area contributed by atoms with Crippen LogP contribution in [0.25, 0.3) is 0 Å². The first kappa shape index (κ1) is 24.1. The summed E-state index contributed by atoms with van der Waals surface area (Å²) in [6.45, 7) is 14.9. The van der Waals surface area contributed by atoms with Gasteiger partial charge in [0.25, 0.3) is 0 Å². The third-order valence-electron chi connectivity index (χ3n) is 13.7. The summed E-state index contributed by atoms with van der Waals surface area (Å²) in [5.41, 5.74) is -3.07. The van der Waals surface area contributed by atoms with Gasteiger partial charge in [-0.15, -0.1) is 0 Å². The van der Waals surface area contributed by atoms with E-state index in [1.807, 2.05) is 0 Å². The molecule has 2 aliphatic heterocycles. The molecule has 7 fully saturated rings. The fraction of sp³-hybridized carbons (Fsp3) is 0.897. The standard InChI is InChI=1S/C29H42O7/c1-12-7-8-28-10-9-26(5)27(6)21(19-23(35-19)29(26,36-24(28)34)20(28)13(12)2)25(4)11-15(30)17(31)14(3)16(25)18(32)22(27)33/h12-13,15-23,30-33H,3,7-11H2,1-2,4-6H3. The number of hydrogen-bond acceptors (Lipinski definition) is 7. The van der Waals surface area contributed by atoms with Crippen molar-refractivity contribution < 1.29 is 34.7 Å². The van der Waals surface area contributed by atoms with E-state index >= 15 is 0 Å². The Morgan fingerprint density at radius 2 is 1.69 bits per heavy atom. The molecule has 7 aliphatic rings. The minimum atomic E-state index is -1.15. The summed E-state index contributed by atoms with van der Waals surface area (Å²) in [5.74, 6) is -0.107. The van der Waals surface area contributed by atoms with Crippen LogP contribution >= 0.6 is 0 Å². The average molecular weight is 503 g/mol. The van der Waals surface area contributed by atoms with Gasteiger partial charge < -0.3 is 29.9 Å². The first-order valence-electron chi connectivity index (χ1n) is 14.0. The number of aliphatic hydroxyl groups excluding tert-OH is 4. The van der Waals surface area contributed by atoms with Crippen molar-refractivity contribution in [2.75, 3.05) is 0 Å². The molecule has 200 valence electrons. The summed E-state index contributed by atoms with van der Waals surface area (Å²) in [6, 6.07) is 0. The molecule has 4 N–H and O–H groups in total. The van der Waals surface area contributed by atoms with E-state index in [0.717, 1.165) is 19.3 Å². The summed E-state index contributed by atoms with van der Waals surface area (Å²) in [5, 5.41) is 45.3. The van der Waals surface area contributed by atoms with E-state index in [4.69, 9.17) is 9.47 Å². The molecule has 2 bridgehead atoms. The number of esters is 1. The minimum Gasteiger partial charge on any atom is -0.455 e. The zero-order chi connectivity index (χ0) is 26.0. The highest BCUT2D eigenvalue weighted by molar-refractivity contribution is 5.82. The smallest absolute Gasteiger partial charge is 0.313 e. The van der Waals surface area contributed by atoms with E-state index in [1.165, 1.54) is 0 Å². The number of carbonyl (C=O) groups is 1. The number of carbonyl (C=O) groups excluding carboxylic acids is 1. The van der Waals surface area contributed by atoms with E-state index in [1.54, 1.807) is 0 Å². The molecular weight excluding hydrogens is 460 g/mol. The normalized spacial score (nSPS) is 67.0. The number of aliphatic hydroxyl groups is 4. The van der Waals surface area contributed by atoms with E-state index in [0.29, 0.717) is 17.9 Å². The molecule has 0 amide bonds.